The number of allylic oxidation sites excluding steroid dienone is 4. The van der Waals surface area contributed by atoms with Crippen molar-refractivity contribution in [1.82, 2.24) is 0 Å². The van der Waals surface area contributed by atoms with Gasteiger partial charge in [0.15, 0.2) is 0 Å². The van der Waals surface area contributed by atoms with Gasteiger partial charge >= 0.3 is 7.82 Å². The largest absolute Gasteiger partial charge is 0.469 e. The van der Waals surface area contributed by atoms with Crippen LogP contribution in [0.3, 0.4) is 0 Å². The molecule has 2 N–H and O–H groups in total. The third-order valence-electron chi connectivity index (χ3n) is 3.11. The van der Waals surface area contributed by atoms with Crippen molar-refractivity contribution in [2.45, 2.75) is 59.8 Å². The van der Waals surface area contributed by atoms with Crippen molar-refractivity contribution < 1.29 is 18.9 Å². The lowest BCUT2D eigenvalue weighted by atomic mass is 10.0. The zero-order valence-corrected chi connectivity index (χ0v) is 14.0. The Hall–Kier alpha value is -0.410. The van der Waals surface area contributed by atoms with Gasteiger partial charge in [-0.2, -0.15) is 0 Å². The summed E-state index contributed by atoms with van der Waals surface area (Å²) >= 11 is 0. The second-order valence-corrected chi connectivity index (χ2v) is 6.90. The van der Waals surface area contributed by atoms with Crippen LogP contribution in [-0.4, -0.2) is 16.4 Å². The third-order valence-corrected chi connectivity index (χ3v) is 3.63. The van der Waals surface area contributed by atoms with E-state index in [9.17, 15) is 4.57 Å². The lowest BCUT2D eigenvalue weighted by Gasteiger charge is -2.11. The van der Waals surface area contributed by atoms with Crippen molar-refractivity contribution in [1.29, 1.82) is 0 Å². The first-order valence-electron chi connectivity index (χ1n) is 7.20. The lowest BCUT2D eigenvalue weighted by molar-refractivity contribution is 0.185. The molecule has 0 radical (unpaired) electrons. The van der Waals surface area contributed by atoms with Crippen molar-refractivity contribution in [3.8, 4) is 0 Å². The van der Waals surface area contributed by atoms with Gasteiger partial charge in [0.05, 0.1) is 6.61 Å². The van der Waals surface area contributed by atoms with Gasteiger partial charge in [-0.25, -0.2) is 4.57 Å². The predicted molar refractivity (Wildman–Crippen MR) is 83.4 cm³/mol. The summed E-state index contributed by atoms with van der Waals surface area (Å²) in [6.45, 7) is 8.57. The summed E-state index contributed by atoms with van der Waals surface area (Å²) < 4.78 is 15.0. The molecule has 0 fully saturated rings. The van der Waals surface area contributed by atoms with Gasteiger partial charge in [-0.05, 0) is 58.8 Å². The minimum Gasteiger partial charge on any atom is -0.303 e. The monoisotopic (exact) mass is 304 g/mol. The third kappa shape index (κ3) is 14.0. The quantitative estimate of drug-likeness (QED) is 0.457. The van der Waals surface area contributed by atoms with Crippen LogP contribution in [0.15, 0.2) is 23.3 Å². The van der Waals surface area contributed by atoms with Gasteiger partial charge in [0.25, 0.3) is 0 Å². The molecular formula is C15H29O4P. The van der Waals surface area contributed by atoms with Crippen LogP contribution in [0.25, 0.3) is 0 Å². The van der Waals surface area contributed by atoms with E-state index >= 15 is 0 Å². The Balaban J connectivity index is 3.75. The number of phosphoric ester groups is 1. The minimum atomic E-state index is -4.30. The van der Waals surface area contributed by atoms with Crippen molar-refractivity contribution in [3.63, 3.8) is 0 Å². The van der Waals surface area contributed by atoms with Gasteiger partial charge in [-0.3, -0.25) is 4.52 Å². The van der Waals surface area contributed by atoms with Gasteiger partial charge < -0.3 is 9.79 Å². The Kier molecular flexibility index (Phi) is 10.1. The summed E-state index contributed by atoms with van der Waals surface area (Å²) in [5, 5.41) is 0. The number of hydrogen-bond acceptors (Lipinski definition) is 2. The molecule has 0 aliphatic rings. The topological polar surface area (TPSA) is 66.8 Å². The van der Waals surface area contributed by atoms with Crippen LogP contribution in [0, 0.1) is 5.92 Å². The van der Waals surface area contributed by atoms with Crippen molar-refractivity contribution in [2.75, 3.05) is 6.61 Å². The standard InChI is InChI=1S/C15H29O4P/c1-13(2)7-5-8-14(3)9-6-10-15(4)11-12-19-20(16,17)18/h7,9,15H,5-6,8,10-12H2,1-4H3,(H2,16,17,18). The first-order chi connectivity index (χ1) is 9.20. The Morgan fingerprint density at radius 1 is 1.15 bits per heavy atom. The maximum Gasteiger partial charge on any atom is 0.469 e. The maximum absolute atomic E-state index is 10.5. The van der Waals surface area contributed by atoms with Crippen LogP contribution in [0.1, 0.15) is 59.8 Å². The normalized spacial score (nSPS) is 14.2. The van der Waals surface area contributed by atoms with E-state index in [1.165, 1.54) is 11.1 Å². The Labute approximate surface area is 123 Å². The molecule has 0 heterocycles. The van der Waals surface area contributed by atoms with Crippen LogP contribution in [-0.2, 0) is 9.09 Å². The molecule has 0 saturated heterocycles. The summed E-state index contributed by atoms with van der Waals surface area (Å²) in [5.74, 6) is 0.406. The van der Waals surface area contributed by atoms with E-state index in [0.29, 0.717) is 12.3 Å². The predicted octanol–water partition coefficient (Wildman–Crippen LogP) is 4.59. The fourth-order valence-electron chi connectivity index (χ4n) is 1.82. The van der Waals surface area contributed by atoms with Crippen LogP contribution in [0.5, 0.6) is 0 Å². The van der Waals surface area contributed by atoms with E-state index in [2.05, 4.69) is 44.4 Å². The second kappa shape index (κ2) is 10.3. The average Bonchev–Trinajstić information content (AvgIpc) is 2.26. The van der Waals surface area contributed by atoms with E-state index in [4.69, 9.17) is 9.79 Å². The molecule has 0 saturated carbocycles. The summed E-state index contributed by atoms with van der Waals surface area (Å²) in [7, 11) is -4.30. The summed E-state index contributed by atoms with van der Waals surface area (Å²) in [6, 6.07) is 0. The van der Waals surface area contributed by atoms with Gasteiger partial charge in [0.2, 0.25) is 0 Å². The smallest absolute Gasteiger partial charge is 0.303 e. The van der Waals surface area contributed by atoms with Crippen LogP contribution in [0.4, 0.5) is 0 Å². The molecule has 118 valence electrons. The molecule has 1 unspecified atom stereocenters. The fraction of sp³-hybridized carbons (Fsp3) is 0.733. The van der Waals surface area contributed by atoms with Crippen molar-refractivity contribution >= 4 is 7.82 Å². The Bertz CT molecular complexity index is 364. The maximum atomic E-state index is 10.5. The number of phosphoric acid groups is 1. The van der Waals surface area contributed by atoms with E-state index in [-0.39, 0.29) is 6.61 Å². The molecular weight excluding hydrogens is 275 g/mol. The van der Waals surface area contributed by atoms with Gasteiger partial charge in [0.1, 0.15) is 0 Å². The Morgan fingerprint density at radius 3 is 2.35 bits per heavy atom. The van der Waals surface area contributed by atoms with Crippen LogP contribution >= 0.6 is 7.82 Å². The molecule has 0 amide bonds. The average molecular weight is 304 g/mol. The molecule has 1 atom stereocenters. The highest BCUT2D eigenvalue weighted by Gasteiger charge is 2.13. The van der Waals surface area contributed by atoms with E-state index < -0.39 is 7.82 Å². The fourth-order valence-corrected chi connectivity index (χ4v) is 2.17. The van der Waals surface area contributed by atoms with Gasteiger partial charge in [0, 0.05) is 0 Å². The molecule has 0 aromatic heterocycles. The molecule has 0 spiro atoms. The van der Waals surface area contributed by atoms with Crippen molar-refractivity contribution in [3.05, 3.63) is 23.3 Å². The summed E-state index contributed by atoms with van der Waals surface area (Å²) in [6.07, 6.45) is 9.41. The van der Waals surface area contributed by atoms with Crippen LogP contribution in [0.2, 0.25) is 0 Å². The van der Waals surface area contributed by atoms with Gasteiger partial charge in [-0.1, -0.05) is 30.2 Å². The SMILES string of the molecule is CC(C)=CCCC(C)=CCCC(C)CCOP(=O)(O)O. The molecule has 20 heavy (non-hydrogen) atoms. The highest BCUT2D eigenvalue weighted by atomic mass is 31.2. The minimum absolute atomic E-state index is 0.120. The molecule has 0 aromatic carbocycles. The number of hydrogen-bond donors (Lipinski definition) is 2. The summed E-state index contributed by atoms with van der Waals surface area (Å²) in [5.41, 5.74) is 2.76. The van der Waals surface area contributed by atoms with E-state index in [0.717, 1.165) is 25.7 Å². The second-order valence-electron chi connectivity index (χ2n) is 5.67. The molecule has 5 heteroatoms. The highest BCUT2D eigenvalue weighted by Crippen LogP contribution is 2.36. The molecule has 0 aromatic rings. The first kappa shape index (κ1) is 19.6. The van der Waals surface area contributed by atoms with Crippen LogP contribution < -0.4 is 0 Å². The van der Waals surface area contributed by atoms with Crippen molar-refractivity contribution in [2.24, 2.45) is 5.92 Å². The molecule has 0 aliphatic heterocycles. The molecule has 0 bridgehead atoms. The lowest BCUT2D eigenvalue weighted by Crippen LogP contribution is -2.00. The first-order valence-corrected chi connectivity index (χ1v) is 8.73. The number of rotatable bonds is 10. The van der Waals surface area contributed by atoms with E-state index in [1.807, 2.05) is 0 Å². The van der Waals surface area contributed by atoms with E-state index in [1.54, 1.807) is 0 Å². The molecule has 4 nitrogen and oxygen atoms in total. The zero-order valence-electron chi connectivity index (χ0n) is 13.1. The molecule has 0 aliphatic carbocycles. The highest BCUT2D eigenvalue weighted by molar-refractivity contribution is 7.46. The Morgan fingerprint density at radius 2 is 1.80 bits per heavy atom. The summed E-state index contributed by atoms with van der Waals surface area (Å²) in [4.78, 5) is 17.2. The van der Waals surface area contributed by atoms with Gasteiger partial charge in [-0.15, -0.1) is 0 Å². The zero-order chi connectivity index (χ0) is 15.6. The molecule has 0 rings (SSSR count).